The van der Waals surface area contributed by atoms with Gasteiger partial charge < -0.3 is 10.5 Å². The first-order chi connectivity index (χ1) is 6.84. The van der Waals surface area contributed by atoms with E-state index in [1.54, 1.807) is 42.6 Å². The molecule has 0 unspecified atom stereocenters. The summed E-state index contributed by atoms with van der Waals surface area (Å²) in [7, 11) is 0. The molecule has 1 heterocycles. The van der Waals surface area contributed by atoms with Crippen LogP contribution in [0.25, 0.3) is 0 Å². The Morgan fingerprint density at radius 2 is 1.86 bits per heavy atom. The third-order valence-electron chi connectivity index (χ3n) is 1.62. The van der Waals surface area contributed by atoms with Gasteiger partial charge in [0, 0.05) is 12.3 Å². The molecule has 69 valence electrons. The van der Waals surface area contributed by atoms with Crippen molar-refractivity contribution in [2.75, 3.05) is 0 Å². The molecular weight excluding hydrogens is 178 g/mol. The highest BCUT2D eigenvalue weighted by Gasteiger charge is 1.96. The highest BCUT2D eigenvalue weighted by molar-refractivity contribution is 5.39. The largest absolute Gasteiger partial charge is 0.438 e. The van der Waals surface area contributed by atoms with Gasteiger partial charge in [0.2, 0.25) is 5.88 Å². The summed E-state index contributed by atoms with van der Waals surface area (Å²) in [5.41, 5.74) is 7.74. The zero-order valence-electron chi connectivity index (χ0n) is 7.34. The molecule has 1 aromatic carbocycles. The van der Waals surface area contributed by atoms with Crippen LogP contribution >= 0.6 is 0 Å². The lowest BCUT2D eigenvalue weighted by Crippen LogP contribution is -1.88. The van der Waals surface area contributed by atoms with Crippen LogP contribution in [-0.2, 0) is 0 Å². The number of ether oxygens (including phenoxy) is 1. The maximum atomic E-state index is 7.29. The minimum absolute atomic E-state index is 0.449. The monoisotopic (exact) mass is 186 g/mol. The molecule has 0 amide bonds. The molecule has 1 N–H and O–H groups in total. The Hall–Kier alpha value is -2.10. The highest BCUT2D eigenvalue weighted by Crippen LogP contribution is 2.19. The topological polar surface area (TPSA) is 58.8 Å². The van der Waals surface area contributed by atoms with Gasteiger partial charge in [-0.3, -0.25) is 0 Å². The number of rotatable bonds is 2. The lowest BCUT2D eigenvalue weighted by Gasteiger charge is -2.02. The Bertz CT molecular complexity index is 399. The number of hydrogen-bond acceptors (Lipinski definition) is 3. The number of nitrogens with zero attached hydrogens (tertiary/aromatic N) is 2. The number of nitrogens with one attached hydrogen (secondary N) is 1. The van der Waals surface area contributed by atoms with Gasteiger partial charge in [0.05, 0.1) is 5.69 Å². The summed E-state index contributed by atoms with van der Waals surface area (Å²) in [6, 6.07) is 10.2. The Morgan fingerprint density at radius 3 is 2.50 bits per heavy atom. The van der Waals surface area contributed by atoms with Gasteiger partial charge in [-0.2, -0.15) is 5.10 Å². The van der Waals surface area contributed by atoms with Gasteiger partial charge >= 0.3 is 0 Å². The molecule has 2 aromatic rings. The van der Waals surface area contributed by atoms with E-state index in [0.717, 1.165) is 0 Å². The van der Waals surface area contributed by atoms with Gasteiger partial charge in [0.1, 0.15) is 5.75 Å². The van der Waals surface area contributed by atoms with Gasteiger partial charge in [-0.15, -0.1) is 5.10 Å². The molecule has 14 heavy (non-hydrogen) atoms. The van der Waals surface area contributed by atoms with E-state index >= 15 is 0 Å². The number of aromatic nitrogens is 2. The molecule has 1 radical (unpaired) electrons. The minimum Gasteiger partial charge on any atom is -0.438 e. The van der Waals surface area contributed by atoms with Crippen molar-refractivity contribution >= 4 is 5.69 Å². The van der Waals surface area contributed by atoms with Gasteiger partial charge in [-0.1, -0.05) is 0 Å². The van der Waals surface area contributed by atoms with Crippen LogP contribution in [0.15, 0.2) is 42.6 Å². The maximum Gasteiger partial charge on any atom is 0.238 e. The molecule has 4 nitrogen and oxygen atoms in total. The third kappa shape index (κ3) is 1.98. The van der Waals surface area contributed by atoms with Crippen LogP contribution in [0.3, 0.4) is 0 Å². The summed E-state index contributed by atoms with van der Waals surface area (Å²) in [6.45, 7) is 0. The van der Waals surface area contributed by atoms with Crippen molar-refractivity contribution in [1.82, 2.24) is 15.9 Å². The van der Waals surface area contributed by atoms with E-state index in [-0.39, 0.29) is 0 Å². The second-order valence-corrected chi connectivity index (χ2v) is 2.69. The molecule has 0 fully saturated rings. The van der Waals surface area contributed by atoms with Crippen LogP contribution in [0.2, 0.25) is 0 Å². The molecule has 1 aromatic heterocycles. The van der Waals surface area contributed by atoms with Crippen LogP contribution < -0.4 is 10.5 Å². The molecule has 0 aliphatic rings. The third-order valence-corrected chi connectivity index (χ3v) is 1.62. The van der Waals surface area contributed by atoms with Gasteiger partial charge in [-0.25, -0.2) is 0 Å². The standard InChI is InChI=1S/C10H8N3O/c11-8-3-5-9(6-4-8)14-10-2-1-7-12-13-10/h1-7,11H. The summed E-state index contributed by atoms with van der Waals surface area (Å²) in [5.74, 6) is 1.10. The first-order valence-electron chi connectivity index (χ1n) is 4.12. The predicted molar refractivity (Wildman–Crippen MR) is 51.3 cm³/mol. The predicted octanol–water partition coefficient (Wildman–Crippen LogP) is 2.18. The fraction of sp³-hybridized carbons (Fsp3) is 0. The maximum absolute atomic E-state index is 7.29. The van der Waals surface area contributed by atoms with Gasteiger partial charge in [0.25, 0.3) is 0 Å². The van der Waals surface area contributed by atoms with Crippen LogP contribution in [-0.4, -0.2) is 10.2 Å². The Labute approximate surface area is 81.3 Å². The van der Waals surface area contributed by atoms with Crippen molar-refractivity contribution in [2.45, 2.75) is 0 Å². The first-order valence-corrected chi connectivity index (χ1v) is 4.12. The average Bonchev–Trinajstić information content (AvgIpc) is 2.23. The average molecular weight is 186 g/mol. The summed E-state index contributed by atoms with van der Waals surface area (Å²) in [5, 5.41) is 7.46. The summed E-state index contributed by atoms with van der Waals surface area (Å²) in [4.78, 5) is 0. The van der Waals surface area contributed by atoms with Crippen LogP contribution in [0.5, 0.6) is 11.6 Å². The second kappa shape index (κ2) is 3.74. The van der Waals surface area contributed by atoms with E-state index in [1.807, 2.05) is 0 Å². The van der Waals surface area contributed by atoms with E-state index in [2.05, 4.69) is 10.2 Å². The smallest absolute Gasteiger partial charge is 0.238 e. The second-order valence-electron chi connectivity index (χ2n) is 2.69. The fourth-order valence-electron chi connectivity index (χ4n) is 0.986. The molecule has 0 aliphatic heterocycles. The SMILES string of the molecule is [NH]c1ccc(Oc2cccnn2)cc1. The molecule has 0 aliphatic carbocycles. The van der Waals surface area contributed by atoms with Crippen molar-refractivity contribution in [1.29, 1.82) is 0 Å². The lowest BCUT2D eigenvalue weighted by atomic mass is 10.3. The zero-order valence-corrected chi connectivity index (χ0v) is 7.34. The Morgan fingerprint density at radius 1 is 1.07 bits per heavy atom. The molecule has 0 saturated heterocycles. The first kappa shape index (κ1) is 8.50. The molecule has 0 atom stereocenters. The van der Waals surface area contributed by atoms with E-state index in [1.165, 1.54) is 0 Å². The summed E-state index contributed by atoms with van der Waals surface area (Å²) >= 11 is 0. The molecular formula is C10H8N3O. The quantitative estimate of drug-likeness (QED) is 0.722. The highest BCUT2D eigenvalue weighted by atomic mass is 16.5. The Balaban J connectivity index is 2.16. The molecule has 4 heteroatoms. The van der Waals surface area contributed by atoms with Crippen LogP contribution in [0.4, 0.5) is 5.69 Å². The van der Waals surface area contributed by atoms with Gasteiger partial charge in [0.15, 0.2) is 0 Å². The summed E-state index contributed by atoms with van der Waals surface area (Å²) < 4.78 is 5.38. The van der Waals surface area contributed by atoms with E-state index < -0.39 is 0 Å². The molecule has 0 saturated carbocycles. The van der Waals surface area contributed by atoms with Crippen molar-refractivity contribution in [3.63, 3.8) is 0 Å². The zero-order chi connectivity index (χ0) is 9.80. The van der Waals surface area contributed by atoms with Crippen LogP contribution in [0, 0.1) is 0 Å². The minimum atomic E-state index is 0.449. The van der Waals surface area contributed by atoms with Crippen molar-refractivity contribution < 1.29 is 4.74 Å². The van der Waals surface area contributed by atoms with Crippen LogP contribution in [0.1, 0.15) is 0 Å². The van der Waals surface area contributed by atoms with E-state index in [0.29, 0.717) is 17.3 Å². The summed E-state index contributed by atoms with van der Waals surface area (Å²) in [6.07, 6.45) is 1.58. The Kier molecular flexibility index (Phi) is 2.27. The number of hydrogen-bond donors (Lipinski definition) is 0. The normalized spacial score (nSPS) is 9.71. The number of benzene rings is 1. The molecule has 0 bridgehead atoms. The fourth-order valence-corrected chi connectivity index (χ4v) is 0.986. The van der Waals surface area contributed by atoms with E-state index in [4.69, 9.17) is 10.5 Å². The van der Waals surface area contributed by atoms with Crippen molar-refractivity contribution in [3.8, 4) is 11.6 Å². The lowest BCUT2D eigenvalue weighted by molar-refractivity contribution is 0.455. The van der Waals surface area contributed by atoms with Crippen molar-refractivity contribution in [3.05, 3.63) is 42.6 Å². The van der Waals surface area contributed by atoms with Crippen molar-refractivity contribution in [2.24, 2.45) is 0 Å². The molecule has 0 spiro atoms. The molecule has 2 rings (SSSR count). The van der Waals surface area contributed by atoms with Gasteiger partial charge in [-0.05, 0) is 30.3 Å². The van der Waals surface area contributed by atoms with E-state index in [9.17, 15) is 0 Å².